The molecule has 2 N–H and O–H groups in total. The van der Waals surface area contributed by atoms with E-state index in [4.69, 9.17) is 4.74 Å². The molecule has 1 aromatic carbocycles. The Morgan fingerprint density at radius 3 is 2.53 bits per heavy atom. The molecule has 0 aromatic heterocycles. The summed E-state index contributed by atoms with van der Waals surface area (Å²) in [5.74, 6) is 6.87. The maximum atomic E-state index is 12.1. The summed E-state index contributed by atoms with van der Waals surface area (Å²) < 4.78 is 5.05. The lowest BCUT2D eigenvalue weighted by atomic mass is 10.1. The van der Waals surface area contributed by atoms with Crippen molar-refractivity contribution >= 4 is 5.91 Å². The molecule has 1 unspecified atom stereocenters. The van der Waals surface area contributed by atoms with Gasteiger partial charge in [-0.15, -0.1) is 5.92 Å². The molecule has 32 heavy (non-hydrogen) atoms. The van der Waals surface area contributed by atoms with Crippen molar-refractivity contribution in [3.05, 3.63) is 60.2 Å². The van der Waals surface area contributed by atoms with Crippen LogP contribution in [-0.4, -0.2) is 24.2 Å². The molecule has 1 atom stereocenters. The fraction of sp³-hybridized carbons (Fsp3) is 0.464. The number of allylic oxidation sites excluding steroid dienone is 6. The zero-order valence-corrected chi connectivity index (χ0v) is 19.9. The molecule has 4 nitrogen and oxygen atoms in total. The molecule has 0 aliphatic rings. The van der Waals surface area contributed by atoms with Gasteiger partial charge in [0.1, 0.15) is 0 Å². The van der Waals surface area contributed by atoms with Crippen LogP contribution in [0.5, 0.6) is 11.5 Å². The molecule has 0 saturated heterocycles. The van der Waals surface area contributed by atoms with E-state index < -0.39 is 0 Å². The summed E-state index contributed by atoms with van der Waals surface area (Å²) in [5, 5.41) is 12.9. The Labute approximate surface area is 194 Å². The lowest BCUT2D eigenvalue weighted by Gasteiger charge is -2.14. The normalized spacial score (nSPS) is 12.2. The molecule has 174 valence electrons. The topological polar surface area (TPSA) is 58.6 Å². The summed E-state index contributed by atoms with van der Waals surface area (Å²) in [7, 11) is 1.52. The van der Waals surface area contributed by atoms with Gasteiger partial charge in [0.15, 0.2) is 11.5 Å². The molecule has 0 aliphatic heterocycles. The van der Waals surface area contributed by atoms with Crippen LogP contribution >= 0.6 is 0 Å². The quantitative estimate of drug-likeness (QED) is 0.205. The predicted octanol–water partition coefficient (Wildman–Crippen LogP) is 6.26. The number of aromatic hydroxyl groups is 1. The Kier molecular flexibility index (Phi) is 15.0. The van der Waals surface area contributed by atoms with E-state index in [0.717, 1.165) is 44.1 Å². The fourth-order valence-electron chi connectivity index (χ4n) is 3.08. The van der Waals surface area contributed by atoms with Gasteiger partial charge < -0.3 is 15.2 Å². The Bertz CT molecular complexity index is 812. The summed E-state index contributed by atoms with van der Waals surface area (Å²) >= 11 is 0. The second kappa shape index (κ2) is 17.7. The second-order valence-corrected chi connectivity index (χ2v) is 7.76. The molecular weight excluding hydrogens is 398 g/mol. The maximum absolute atomic E-state index is 12.1. The number of benzene rings is 1. The smallest absolute Gasteiger partial charge is 0.220 e. The minimum Gasteiger partial charge on any atom is -0.504 e. The van der Waals surface area contributed by atoms with Crippen molar-refractivity contribution in [2.45, 2.75) is 77.7 Å². The van der Waals surface area contributed by atoms with Crippen molar-refractivity contribution in [3.63, 3.8) is 0 Å². The lowest BCUT2D eigenvalue weighted by Crippen LogP contribution is -2.33. The summed E-state index contributed by atoms with van der Waals surface area (Å²) in [5.41, 5.74) is 0.953. The Morgan fingerprint density at radius 1 is 1.12 bits per heavy atom. The van der Waals surface area contributed by atoms with E-state index in [1.807, 2.05) is 13.0 Å². The molecule has 1 amide bonds. The molecule has 0 fully saturated rings. The first kappa shape index (κ1) is 27.1. The molecule has 1 rings (SSSR count). The second-order valence-electron chi connectivity index (χ2n) is 7.76. The van der Waals surface area contributed by atoms with Crippen LogP contribution in [0.3, 0.4) is 0 Å². The van der Waals surface area contributed by atoms with Crippen molar-refractivity contribution < 1.29 is 14.6 Å². The van der Waals surface area contributed by atoms with Gasteiger partial charge in [0.05, 0.1) is 7.11 Å². The monoisotopic (exact) mass is 437 g/mol. The summed E-state index contributed by atoms with van der Waals surface area (Å²) in [4.78, 5) is 12.1. The van der Waals surface area contributed by atoms with Crippen LogP contribution in [-0.2, 0) is 11.2 Å². The molecule has 0 bridgehead atoms. The SMILES string of the molecule is CCC/C=C\C/C=C\C/C=C\CC#CCCCC(=O)NC(C)Cc1ccc(OC)c(O)c1. The zero-order valence-electron chi connectivity index (χ0n) is 19.9. The molecular formula is C28H39NO3. The van der Waals surface area contributed by atoms with E-state index in [1.54, 1.807) is 12.1 Å². The number of amides is 1. The molecule has 0 radical (unpaired) electrons. The lowest BCUT2D eigenvalue weighted by molar-refractivity contribution is -0.121. The number of ether oxygens (including phenoxy) is 1. The van der Waals surface area contributed by atoms with Gasteiger partial charge in [-0.2, -0.15) is 0 Å². The van der Waals surface area contributed by atoms with E-state index in [0.29, 0.717) is 18.6 Å². The highest BCUT2D eigenvalue weighted by molar-refractivity contribution is 5.76. The van der Waals surface area contributed by atoms with Crippen molar-refractivity contribution in [3.8, 4) is 23.3 Å². The average molecular weight is 438 g/mol. The Morgan fingerprint density at radius 2 is 1.84 bits per heavy atom. The number of phenolic OH excluding ortho intramolecular Hbond substituents is 1. The third kappa shape index (κ3) is 13.4. The van der Waals surface area contributed by atoms with Crippen LogP contribution in [0.2, 0.25) is 0 Å². The van der Waals surface area contributed by atoms with Crippen LogP contribution in [0.15, 0.2) is 54.7 Å². The first-order valence-electron chi connectivity index (χ1n) is 11.6. The minimum absolute atomic E-state index is 0.00655. The Hall–Kier alpha value is -2.93. The summed E-state index contributed by atoms with van der Waals surface area (Å²) in [6, 6.07) is 5.30. The standard InChI is InChI=1S/C28H39NO3/c1-4-5-6-7-8-9-10-11-12-13-14-15-16-17-18-19-28(31)29-24(2)22-25-20-21-27(32-3)26(30)23-25/h6-7,9-10,12-13,20-21,23-24,30H,4-5,8,11,14,17-19,22H2,1-3H3,(H,29,31)/b7-6-,10-9-,13-12-. The van der Waals surface area contributed by atoms with Gasteiger partial charge in [0.2, 0.25) is 5.91 Å². The first-order chi connectivity index (χ1) is 15.6. The first-order valence-corrected chi connectivity index (χ1v) is 11.6. The molecule has 0 saturated carbocycles. The van der Waals surface area contributed by atoms with Crippen LogP contribution in [0.4, 0.5) is 0 Å². The highest BCUT2D eigenvalue weighted by Gasteiger charge is 2.09. The summed E-state index contributed by atoms with van der Waals surface area (Å²) in [6.07, 6.45) is 20.7. The van der Waals surface area contributed by atoms with E-state index in [9.17, 15) is 9.90 Å². The van der Waals surface area contributed by atoms with E-state index in [1.165, 1.54) is 13.5 Å². The third-order valence-corrected chi connectivity index (χ3v) is 4.74. The number of methoxy groups -OCH3 is 1. The summed E-state index contributed by atoms with van der Waals surface area (Å²) in [6.45, 7) is 4.15. The molecule has 0 spiro atoms. The van der Waals surface area contributed by atoms with Crippen molar-refractivity contribution in [1.29, 1.82) is 0 Å². The zero-order chi connectivity index (χ0) is 23.4. The van der Waals surface area contributed by atoms with Gasteiger partial charge in [-0.25, -0.2) is 0 Å². The number of carbonyl (C=O) groups is 1. The maximum Gasteiger partial charge on any atom is 0.220 e. The largest absolute Gasteiger partial charge is 0.504 e. The van der Waals surface area contributed by atoms with Crippen LogP contribution in [0, 0.1) is 11.8 Å². The van der Waals surface area contributed by atoms with Gasteiger partial charge in [0.25, 0.3) is 0 Å². The van der Waals surface area contributed by atoms with Crippen LogP contribution in [0.1, 0.15) is 70.8 Å². The molecule has 0 aliphatic carbocycles. The van der Waals surface area contributed by atoms with Gasteiger partial charge in [-0.1, -0.05) is 61.8 Å². The fourth-order valence-corrected chi connectivity index (χ4v) is 3.08. The van der Waals surface area contributed by atoms with E-state index in [2.05, 4.69) is 60.5 Å². The molecule has 0 heterocycles. The van der Waals surface area contributed by atoms with Gasteiger partial charge >= 0.3 is 0 Å². The van der Waals surface area contributed by atoms with E-state index in [-0.39, 0.29) is 17.7 Å². The van der Waals surface area contributed by atoms with Crippen LogP contribution in [0.25, 0.3) is 0 Å². The average Bonchev–Trinajstić information content (AvgIpc) is 2.76. The Balaban J connectivity index is 2.12. The number of phenols is 1. The molecule has 1 aromatic rings. The van der Waals surface area contributed by atoms with Gasteiger partial charge in [-0.3, -0.25) is 4.79 Å². The van der Waals surface area contributed by atoms with Crippen molar-refractivity contribution in [1.82, 2.24) is 5.32 Å². The number of unbranched alkanes of at least 4 members (excludes halogenated alkanes) is 2. The van der Waals surface area contributed by atoms with Crippen molar-refractivity contribution in [2.75, 3.05) is 7.11 Å². The van der Waals surface area contributed by atoms with Crippen molar-refractivity contribution in [2.24, 2.45) is 0 Å². The number of hydrogen-bond acceptors (Lipinski definition) is 3. The number of hydrogen-bond donors (Lipinski definition) is 2. The molecule has 4 heteroatoms. The highest BCUT2D eigenvalue weighted by Crippen LogP contribution is 2.26. The minimum atomic E-state index is -0.00655. The number of carbonyl (C=O) groups excluding carboxylic acids is 1. The van der Waals surface area contributed by atoms with Gasteiger partial charge in [0, 0.05) is 25.3 Å². The third-order valence-electron chi connectivity index (χ3n) is 4.74. The van der Waals surface area contributed by atoms with Crippen LogP contribution < -0.4 is 10.1 Å². The predicted molar refractivity (Wildman–Crippen MR) is 134 cm³/mol. The number of rotatable bonds is 14. The van der Waals surface area contributed by atoms with E-state index >= 15 is 0 Å². The highest BCUT2D eigenvalue weighted by atomic mass is 16.5. The van der Waals surface area contributed by atoms with Gasteiger partial charge in [-0.05, 0) is 56.7 Å². The number of nitrogens with one attached hydrogen (secondary N) is 1.